The number of hydrogen-bond acceptors (Lipinski definition) is 4. The summed E-state index contributed by atoms with van der Waals surface area (Å²) in [6, 6.07) is 0. The molecule has 6 nitrogen and oxygen atoms in total. The van der Waals surface area contributed by atoms with Gasteiger partial charge in [0.25, 0.3) is 0 Å². The third-order valence-electron chi connectivity index (χ3n) is 3.18. The van der Waals surface area contributed by atoms with Crippen LogP contribution >= 0.6 is 0 Å². The van der Waals surface area contributed by atoms with Gasteiger partial charge in [0.05, 0.1) is 11.8 Å². The number of piperidine rings is 1. The van der Waals surface area contributed by atoms with Gasteiger partial charge in [-0.05, 0) is 27.2 Å². The molecule has 0 aliphatic carbocycles. The Bertz CT molecular complexity index is 399. The van der Waals surface area contributed by atoms with E-state index in [0.717, 1.165) is 0 Å². The summed E-state index contributed by atoms with van der Waals surface area (Å²) in [6.45, 7) is 6.10. The number of rotatable bonds is 0. The Morgan fingerprint density at radius 1 is 1.28 bits per heavy atom. The first-order valence-corrected chi connectivity index (χ1v) is 6.10. The highest BCUT2D eigenvalue weighted by Gasteiger charge is 2.46. The monoisotopic (exact) mass is 254 g/mol. The van der Waals surface area contributed by atoms with Crippen molar-refractivity contribution >= 4 is 17.9 Å². The minimum absolute atomic E-state index is 0.214. The van der Waals surface area contributed by atoms with E-state index in [1.54, 1.807) is 20.8 Å². The van der Waals surface area contributed by atoms with Crippen LogP contribution in [0.4, 0.5) is 4.79 Å². The van der Waals surface area contributed by atoms with Crippen molar-refractivity contribution in [1.29, 1.82) is 0 Å². The molecule has 2 atom stereocenters. The summed E-state index contributed by atoms with van der Waals surface area (Å²) in [4.78, 5) is 36.4. The number of imide groups is 1. The van der Waals surface area contributed by atoms with Gasteiger partial charge in [-0.3, -0.25) is 14.9 Å². The van der Waals surface area contributed by atoms with Crippen molar-refractivity contribution in [2.75, 3.05) is 13.1 Å². The molecule has 0 aromatic heterocycles. The third-order valence-corrected chi connectivity index (χ3v) is 3.18. The molecule has 3 amide bonds. The molecule has 2 aliphatic rings. The van der Waals surface area contributed by atoms with Crippen molar-refractivity contribution in [3.8, 4) is 0 Å². The maximum absolute atomic E-state index is 11.9. The van der Waals surface area contributed by atoms with Crippen LogP contribution in [-0.4, -0.2) is 41.5 Å². The Labute approximate surface area is 106 Å². The lowest BCUT2D eigenvalue weighted by Crippen LogP contribution is -2.46. The fourth-order valence-corrected chi connectivity index (χ4v) is 2.33. The predicted octanol–water partition coefficient (Wildman–Crippen LogP) is 0.516. The second-order valence-electron chi connectivity index (χ2n) is 5.78. The number of nitrogens with zero attached hydrogens (tertiary/aromatic N) is 1. The summed E-state index contributed by atoms with van der Waals surface area (Å²) in [7, 11) is 0. The average Bonchev–Trinajstić information content (AvgIpc) is 2.52. The van der Waals surface area contributed by atoms with Crippen LogP contribution in [0.3, 0.4) is 0 Å². The largest absolute Gasteiger partial charge is 0.444 e. The van der Waals surface area contributed by atoms with E-state index >= 15 is 0 Å². The van der Waals surface area contributed by atoms with Crippen molar-refractivity contribution < 1.29 is 19.1 Å². The number of nitrogens with one attached hydrogen (secondary N) is 1. The summed E-state index contributed by atoms with van der Waals surface area (Å²) in [6.07, 6.45) is 0.0923. The number of ether oxygens (including phenoxy) is 1. The van der Waals surface area contributed by atoms with Gasteiger partial charge in [0, 0.05) is 13.1 Å². The van der Waals surface area contributed by atoms with E-state index in [1.807, 2.05) is 0 Å². The van der Waals surface area contributed by atoms with E-state index < -0.39 is 17.6 Å². The molecule has 0 spiro atoms. The number of carbonyl (C=O) groups is 3. The van der Waals surface area contributed by atoms with Crippen molar-refractivity contribution in [3.05, 3.63) is 0 Å². The molecule has 2 aliphatic heterocycles. The van der Waals surface area contributed by atoms with E-state index in [4.69, 9.17) is 4.74 Å². The van der Waals surface area contributed by atoms with Crippen LogP contribution in [0.1, 0.15) is 27.2 Å². The van der Waals surface area contributed by atoms with Crippen LogP contribution in [0.2, 0.25) is 0 Å². The molecule has 2 fully saturated rings. The molecular weight excluding hydrogens is 236 g/mol. The Balaban J connectivity index is 2.01. The van der Waals surface area contributed by atoms with E-state index in [1.165, 1.54) is 4.90 Å². The average molecular weight is 254 g/mol. The van der Waals surface area contributed by atoms with Crippen LogP contribution in [0, 0.1) is 11.8 Å². The number of fused-ring (bicyclic) bond motifs is 1. The predicted molar refractivity (Wildman–Crippen MR) is 62.6 cm³/mol. The summed E-state index contributed by atoms with van der Waals surface area (Å²) in [5, 5.41) is 2.31. The van der Waals surface area contributed by atoms with Crippen LogP contribution in [0.25, 0.3) is 0 Å². The minimum Gasteiger partial charge on any atom is -0.444 e. The molecule has 0 unspecified atom stereocenters. The number of amides is 3. The molecular formula is C12H18N2O4. The highest BCUT2D eigenvalue weighted by molar-refractivity contribution is 6.05. The fourth-order valence-electron chi connectivity index (χ4n) is 2.33. The topological polar surface area (TPSA) is 75.7 Å². The van der Waals surface area contributed by atoms with Gasteiger partial charge in [0.2, 0.25) is 11.8 Å². The summed E-state index contributed by atoms with van der Waals surface area (Å²) in [5.41, 5.74) is -0.554. The molecule has 18 heavy (non-hydrogen) atoms. The summed E-state index contributed by atoms with van der Waals surface area (Å²) < 4.78 is 5.26. The van der Waals surface area contributed by atoms with Gasteiger partial charge >= 0.3 is 6.09 Å². The van der Waals surface area contributed by atoms with Crippen LogP contribution in [-0.2, 0) is 14.3 Å². The van der Waals surface area contributed by atoms with Crippen molar-refractivity contribution in [1.82, 2.24) is 10.2 Å². The molecule has 2 saturated heterocycles. The van der Waals surface area contributed by atoms with Gasteiger partial charge in [-0.2, -0.15) is 0 Å². The van der Waals surface area contributed by atoms with E-state index in [2.05, 4.69) is 5.32 Å². The first kappa shape index (κ1) is 12.9. The second-order valence-corrected chi connectivity index (χ2v) is 5.78. The Hall–Kier alpha value is -1.59. The molecule has 1 N–H and O–H groups in total. The zero-order chi connectivity index (χ0) is 13.5. The summed E-state index contributed by atoms with van der Waals surface area (Å²) >= 11 is 0. The van der Waals surface area contributed by atoms with E-state index in [0.29, 0.717) is 13.0 Å². The van der Waals surface area contributed by atoms with Crippen molar-refractivity contribution in [3.63, 3.8) is 0 Å². The summed E-state index contributed by atoms with van der Waals surface area (Å²) in [5.74, 6) is -1.19. The van der Waals surface area contributed by atoms with Crippen molar-refractivity contribution in [2.45, 2.75) is 32.8 Å². The zero-order valence-corrected chi connectivity index (χ0v) is 10.9. The van der Waals surface area contributed by atoms with Crippen LogP contribution < -0.4 is 5.32 Å². The Kier molecular flexibility index (Phi) is 3.04. The first-order chi connectivity index (χ1) is 8.28. The number of carbonyl (C=O) groups excluding carboxylic acids is 3. The SMILES string of the molecule is CC(C)(C)OC(=O)N1CC[C@@H]2C(=O)NC(=O)[C@@H]2C1. The maximum atomic E-state index is 11.9. The van der Waals surface area contributed by atoms with Gasteiger partial charge in [-0.1, -0.05) is 0 Å². The van der Waals surface area contributed by atoms with Gasteiger partial charge in [-0.25, -0.2) is 4.79 Å². The Morgan fingerprint density at radius 3 is 2.50 bits per heavy atom. The molecule has 0 radical (unpaired) electrons. The van der Waals surface area contributed by atoms with E-state index in [-0.39, 0.29) is 24.3 Å². The highest BCUT2D eigenvalue weighted by Crippen LogP contribution is 2.29. The van der Waals surface area contributed by atoms with Gasteiger partial charge in [0.15, 0.2) is 0 Å². The molecule has 0 bridgehead atoms. The third kappa shape index (κ3) is 2.47. The fraction of sp³-hybridized carbons (Fsp3) is 0.750. The lowest BCUT2D eigenvalue weighted by atomic mass is 9.88. The quantitative estimate of drug-likeness (QED) is 0.639. The molecule has 2 rings (SSSR count). The molecule has 100 valence electrons. The van der Waals surface area contributed by atoms with Crippen molar-refractivity contribution in [2.24, 2.45) is 11.8 Å². The second kappa shape index (κ2) is 4.26. The zero-order valence-electron chi connectivity index (χ0n) is 10.9. The first-order valence-electron chi connectivity index (χ1n) is 6.10. The minimum atomic E-state index is -0.554. The Morgan fingerprint density at radius 2 is 1.89 bits per heavy atom. The van der Waals surface area contributed by atoms with Crippen LogP contribution in [0.5, 0.6) is 0 Å². The van der Waals surface area contributed by atoms with Crippen LogP contribution in [0.15, 0.2) is 0 Å². The molecule has 2 heterocycles. The molecule has 0 aromatic carbocycles. The maximum Gasteiger partial charge on any atom is 0.410 e. The van der Waals surface area contributed by atoms with Gasteiger partial charge in [0.1, 0.15) is 5.60 Å². The molecule has 6 heteroatoms. The highest BCUT2D eigenvalue weighted by atomic mass is 16.6. The van der Waals surface area contributed by atoms with E-state index in [9.17, 15) is 14.4 Å². The standard InChI is InChI=1S/C12H18N2O4/c1-12(2,3)18-11(17)14-5-4-7-8(6-14)10(16)13-9(7)15/h7-8H,4-6H2,1-3H3,(H,13,15,16)/t7-,8+/m0/s1. The smallest absolute Gasteiger partial charge is 0.410 e. The number of likely N-dealkylation sites (tertiary alicyclic amines) is 1. The van der Waals surface area contributed by atoms with Gasteiger partial charge < -0.3 is 9.64 Å². The molecule has 0 saturated carbocycles. The molecule has 0 aromatic rings. The lowest BCUT2D eigenvalue weighted by Gasteiger charge is -2.33. The normalized spacial score (nSPS) is 27.8. The number of hydrogen-bond donors (Lipinski definition) is 1. The van der Waals surface area contributed by atoms with Gasteiger partial charge in [-0.15, -0.1) is 0 Å². The lowest BCUT2D eigenvalue weighted by molar-refractivity contribution is -0.126.